The number of halogens is 1. The topological polar surface area (TPSA) is 104 Å². The van der Waals surface area contributed by atoms with Crippen LogP contribution >= 0.6 is 0 Å². The molecule has 0 bridgehead atoms. The largest absolute Gasteiger partial charge is 0.389 e. The molecule has 198 valence electrons. The average Bonchev–Trinajstić information content (AvgIpc) is 3.18. The lowest BCUT2D eigenvalue weighted by Gasteiger charge is -2.55. The molecule has 3 aromatic heterocycles. The standard InChI is InChI=1S/C26H35FN8O2/c1-5-16(2)35-19-8-21(29-9-17(19)23(32-35)34-12-26(13-34)14-37-15-26)30-20-6-7-28-24(31-20)33-10-18(27)22(36)25(3,4)11-33/h6-9,16,18,22,36H,5,10-15H2,1-4H3,(H,28,29,30,31)/t16?,18?,22-/m1/s1. The summed E-state index contributed by atoms with van der Waals surface area (Å²) < 4.78 is 22.0. The predicted molar refractivity (Wildman–Crippen MR) is 140 cm³/mol. The second kappa shape index (κ2) is 8.76. The lowest BCUT2D eigenvalue weighted by Crippen LogP contribution is -2.66. The smallest absolute Gasteiger partial charge is 0.227 e. The van der Waals surface area contributed by atoms with Crippen LogP contribution in [-0.2, 0) is 4.74 Å². The van der Waals surface area contributed by atoms with Gasteiger partial charge < -0.3 is 25.0 Å². The molecule has 0 aromatic carbocycles. The highest BCUT2D eigenvalue weighted by Crippen LogP contribution is 2.42. The summed E-state index contributed by atoms with van der Waals surface area (Å²) in [6.07, 6.45) is 2.13. The van der Waals surface area contributed by atoms with Gasteiger partial charge >= 0.3 is 0 Å². The average molecular weight is 511 g/mol. The molecule has 3 saturated heterocycles. The number of rotatable bonds is 6. The SMILES string of the molecule is CCC(C)n1nc(N2CC3(COC3)C2)c2cnc(Nc3ccnc(N4CC(F)[C@@H](O)C(C)(C)C4)n3)cc21. The van der Waals surface area contributed by atoms with Crippen molar-refractivity contribution in [1.82, 2.24) is 24.7 Å². The Bertz CT molecular complexity index is 1300. The van der Waals surface area contributed by atoms with Crippen LogP contribution in [0.4, 0.5) is 27.8 Å². The molecule has 1 spiro atoms. The van der Waals surface area contributed by atoms with E-state index in [2.05, 4.69) is 43.7 Å². The Kier molecular flexibility index (Phi) is 5.76. The first-order valence-corrected chi connectivity index (χ1v) is 13.1. The number of piperidine rings is 1. The van der Waals surface area contributed by atoms with Crippen molar-refractivity contribution in [2.75, 3.05) is 54.5 Å². The third-order valence-corrected chi connectivity index (χ3v) is 8.07. The summed E-state index contributed by atoms with van der Waals surface area (Å²) in [5, 5.41) is 19.5. The molecule has 0 radical (unpaired) electrons. The number of alkyl halides is 1. The molecule has 3 aromatic rings. The maximum Gasteiger partial charge on any atom is 0.227 e. The van der Waals surface area contributed by atoms with Crippen LogP contribution in [0, 0.1) is 10.8 Å². The number of anilines is 4. The van der Waals surface area contributed by atoms with Gasteiger partial charge in [-0.15, -0.1) is 0 Å². The molecule has 0 aliphatic carbocycles. The molecule has 0 amide bonds. The van der Waals surface area contributed by atoms with Gasteiger partial charge in [-0.2, -0.15) is 10.1 Å². The Morgan fingerprint density at radius 1 is 1.19 bits per heavy atom. The first-order valence-electron chi connectivity index (χ1n) is 13.1. The summed E-state index contributed by atoms with van der Waals surface area (Å²) >= 11 is 0. The van der Waals surface area contributed by atoms with E-state index in [-0.39, 0.29) is 12.6 Å². The fourth-order valence-corrected chi connectivity index (χ4v) is 5.62. The highest BCUT2D eigenvalue weighted by molar-refractivity contribution is 5.92. The number of nitrogens with zero attached hydrogens (tertiary/aromatic N) is 7. The van der Waals surface area contributed by atoms with Crippen LogP contribution in [0.2, 0.25) is 0 Å². The zero-order valence-corrected chi connectivity index (χ0v) is 21.9. The molecule has 37 heavy (non-hydrogen) atoms. The number of pyridine rings is 1. The second-order valence-corrected chi connectivity index (χ2v) is 11.7. The number of hydrogen-bond donors (Lipinski definition) is 2. The molecule has 3 atom stereocenters. The van der Waals surface area contributed by atoms with Gasteiger partial charge in [0.15, 0.2) is 5.82 Å². The van der Waals surface area contributed by atoms with Gasteiger partial charge in [0.1, 0.15) is 17.8 Å². The van der Waals surface area contributed by atoms with Crippen molar-refractivity contribution < 1.29 is 14.2 Å². The number of aliphatic hydroxyl groups excluding tert-OH is 1. The summed E-state index contributed by atoms with van der Waals surface area (Å²) in [4.78, 5) is 17.8. The van der Waals surface area contributed by atoms with Gasteiger partial charge in [0.05, 0.1) is 42.2 Å². The molecule has 2 N–H and O–H groups in total. The third-order valence-electron chi connectivity index (χ3n) is 8.07. The van der Waals surface area contributed by atoms with Gasteiger partial charge in [-0.3, -0.25) is 4.68 Å². The molecule has 6 rings (SSSR count). The lowest BCUT2D eigenvalue weighted by molar-refractivity contribution is -0.127. The van der Waals surface area contributed by atoms with Crippen LogP contribution in [0.15, 0.2) is 24.5 Å². The molecule has 2 unspecified atom stereocenters. The normalized spacial score (nSPS) is 25.1. The van der Waals surface area contributed by atoms with Crippen molar-refractivity contribution in [2.45, 2.75) is 52.4 Å². The fraction of sp³-hybridized carbons (Fsp3) is 0.615. The molecule has 3 fully saturated rings. The van der Waals surface area contributed by atoms with Gasteiger partial charge in [-0.1, -0.05) is 20.8 Å². The maximum atomic E-state index is 14.5. The number of hydrogen-bond acceptors (Lipinski definition) is 9. The van der Waals surface area contributed by atoms with Crippen LogP contribution in [0.3, 0.4) is 0 Å². The van der Waals surface area contributed by atoms with E-state index in [1.165, 1.54) is 0 Å². The predicted octanol–water partition coefficient (Wildman–Crippen LogP) is 3.32. The van der Waals surface area contributed by atoms with Gasteiger partial charge in [0.2, 0.25) is 5.95 Å². The molecular formula is C26H35FN8O2. The van der Waals surface area contributed by atoms with E-state index < -0.39 is 17.7 Å². The van der Waals surface area contributed by atoms with Crippen molar-refractivity contribution in [3.8, 4) is 0 Å². The van der Waals surface area contributed by atoms with Crippen LogP contribution in [-0.4, -0.2) is 81.5 Å². The molecule has 6 heterocycles. The first-order chi connectivity index (χ1) is 17.7. The summed E-state index contributed by atoms with van der Waals surface area (Å²) in [6.45, 7) is 12.2. The van der Waals surface area contributed by atoms with Crippen LogP contribution < -0.4 is 15.1 Å². The van der Waals surface area contributed by atoms with E-state index in [1.807, 2.05) is 26.1 Å². The first kappa shape index (κ1) is 24.3. The van der Waals surface area contributed by atoms with Crippen molar-refractivity contribution in [3.05, 3.63) is 24.5 Å². The van der Waals surface area contributed by atoms with E-state index in [0.717, 1.165) is 49.4 Å². The highest BCUT2D eigenvalue weighted by atomic mass is 19.1. The van der Waals surface area contributed by atoms with Gasteiger partial charge in [-0.25, -0.2) is 14.4 Å². The third kappa shape index (κ3) is 4.17. The fourth-order valence-electron chi connectivity index (χ4n) is 5.62. The zero-order valence-electron chi connectivity index (χ0n) is 21.9. The summed E-state index contributed by atoms with van der Waals surface area (Å²) in [7, 11) is 0. The molecule has 3 aliphatic heterocycles. The summed E-state index contributed by atoms with van der Waals surface area (Å²) in [5.41, 5.74) is 0.717. The Labute approximate surface area is 215 Å². The molecule has 0 saturated carbocycles. The lowest BCUT2D eigenvalue weighted by atomic mass is 9.78. The number of fused-ring (bicyclic) bond motifs is 1. The van der Waals surface area contributed by atoms with Gasteiger partial charge in [-0.05, 0) is 19.4 Å². The minimum Gasteiger partial charge on any atom is -0.389 e. The van der Waals surface area contributed by atoms with E-state index in [4.69, 9.17) is 9.84 Å². The van der Waals surface area contributed by atoms with E-state index in [9.17, 15) is 9.50 Å². The van der Waals surface area contributed by atoms with Gasteiger partial charge in [0, 0.05) is 49.6 Å². The summed E-state index contributed by atoms with van der Waals surface area (Å²) in [5.74, 6) is 2.62. The Hall–Kier alpha value is -3.05. The zero-order chi connectivity index (χ0) is 25.9. The highest BCUT2D eigenvalue weighted by Gasteiger charge is 2.50. The number of aromatic nitrogens is 5. The van der Waals surface area contributed by atoms with E-state index in [0.29, 0.717) is 29.5 Å². The van der Waals surface area contributed by atoms with Crippen molar-refractivity contribution in [3.63, 3.8) is 0 Å². The van der Waals surface area contributed by atoms with E-state index >= 15 is 0 Å². The number of ether oxygens (including phenoxy) is 1. The van der Waals surface area contributed by atoms with Crippen molar-refractivity contribution in [2.24, 2.45) is 10.8 Å². The Balaban J connectivity index is 1.26. The molecule has 3 aliphatic rings. The minimum absolute atomic E-state index is 0.0546. The molecule has 10 nitrogen and oxygen atoms in total. The maximum absolute atomic E-state index is 14.5. The minimum atomic E-state index is -1.36. The van der Waals surface area contributed by atoms with Gasteiger partial charge in [0.25, 0.3) is 0 Å². The molecular weight excluding hydrogens is 475 g/mol. The van der Waals surface area contributed by atoms with Crippen LogP contribution in [0.25, 0.3) is 10.9 Å². The Morgan fingerprint density at radius 3 is 2.65 bits per heavy atom. The number of nitrogens with one attached hydrogen (secondary N) is 1. The van der Waals surface area contributed by atoms with Crippen LogP contribution in [0.1, 0.15) is 40.2 Å². The monoisotopic (exact) mass is 510 g/mol. The second-order valence-electron chi connectivity index (χ2n) is 11.7. The van der Waals surface area contributed by atoms with Crippen LogP contribution in [0.5, 0.6) is 0 Å². The summed E-state index contributed by atoms with van der Waals surface area (Å²) in [6, 6.07) is 4.02. The quantitative estimate of drug-likeness (QED) is 0.517. The Morgan fingerprint density at radius 2 is 1.97 bits per heavy atom. The van der Waals surface area contributed by atoms with E-state index in [1.54, 1.807) is 17.2 Å². The van der Waals surface area contributed by atoms with Crippen molar-refractivity contribution in [1.29, 1.82) is 0 Å². The number of aliphatic hydroxyl groups is 1. The van der Waals surface area contributed by atoms with Crippen molar-refractivity contribution >= 4 is 34.3 Å². The molecule has 11 heteroatoms.